The topological polar surface area (TPSA) is 83.6 Å². The summed E-state index contributed by atoms with van der Waals surface area (Å²) in [6.07, 6.45) is 1.71. The highest BCUT2D eigenvalue weighted by molar-refractivity contribution is 7.17. The van der Waals surface area contributed by atoms with Gasteiger partial charge in [0.2, 0.25) is 5.91 Å². The van der Waals surface area contributed by atoms with E-state index in [0.29, 0.717) is 17.5 Å². The van der Waals surface area contributed by atoms with E-state index < -0.39 is 5.97 Å². The van der Waals surface area contributed by atoms with Crippen LogP contribution in [0.1, 0.15) is 29.4 Å². The van der Waals surface area contributed by atoms with Crippen LogP contribution >= 0.6 is 11.3 Å². The zero-order valence-electron chi connectivity index (χ0n) is 10.1. The summed E-state index contributed by atoms with van der Waals surface area (Å²) in [5, 5.41) is 9.81. The minimum Gasteiger partial charge on any atom is -0.477 e. The Kier molecular flexibility index (Phi) is 3.56. The molecule has 3 N–H and O–H groups in total. The maximum atomic E-state index is 11.3. The molecule has 2 atom stereocenters. The Morgan fingerprint density at radius 3 is 2.72 bits per heavy atom. The van der Waals surface area contributed by atoms with E-state index in [1.165, 1.54) is 11.3 Å². The van der Waals surface area contributed by atoms with E-state index in [1.54, 1.807) is 12.1 Å². The second-order valence-electron chi connectivity index (χ2n) is 4.62. The lowest BCUT2D eigenvalue weighted by atomic mass is 9.93. The molecule has 5 nitrogen and oxygen atoms in total. The average Bonchev–Trinajstić information content (AvgIpc) is 2.78. The van der Waals surface area contributed by atoms with Gasteiger partial charge in [-0.05, 0) is 31.9 Å². The Morgan fingerprint density at radius 1 is 1.44 bits per heavy atom. The van der Waals surface area contributed by atoms with Gasteiger partial charge in [-0.1, -0.05) is 0 Å². The van der Waals surface area contributed by atoms with E-state index in [1.807, 2.05) is 0 Å². The number of nitrogens with two attached hydrogens (primary N) is 1. The lowest BCUT2D eigenvalue weighted by Gasteiger charge is -2.37. The van der Waals surface area contributed by atoms with Crippen molar-refractivity contribution in [3.63, 3.8) is 0 Å². The second-order valence-corrected chi connectivity index (χ2v) is 5.68. The Labute approximate surface area is 109 Å². The van der Waals surface area contributed by atoms with E-state index in [-0.39, 0.29) is 11.8 Å². The number of primary amides is 1. The van der Waals surface area contributed by atoms with Crippen LogP contribution in [-0.2, 0) is 4.79 Å². The molecule has 0 aromatic carbocycles. The molecular formula is C12H16N2O3S. The molecule has 0 saturated carbocycles. The molecule has 2 heterocycles. The molecule has 0 spiro atoms. The number of piperidine rings is 1. The molecule has 1 fully saturated rings. The molecule has 0 bridgehead atoms. The summed E-state index contributed by atoms with van der Waals surface area (Å²) in [5.74, 6) is -1.33. The number of amides is 1. The van der Waals surface area contributed by atoms with Crippen molar-refractivity contribution in [1.29, 1.82) is 0 Å². The summed E-state index contributed by atoms with van der Waals surface area (Å²) >= 11 is 1.24. The molecule has 18 heavy (non-hydrogen) atoms. The third-order valence-corrected chi connectivity index (χ3v) is 4.48. The molecule has 1 aromatic heterocycles. The Balaban J connectivity index is 2.18. The molecular weight excluding hydrogens is 252 g/mol. The fourth-order valence-corrected chi connectivity index (χ4v) is 3.20. The lowest BCUT2D eigenvalue weighted by Crippen LogP contribution is -2.45. The van der Waals surface area contributed by atoms with Crippen LogP contribution in [0.15, 0.2) is 12.1 Å². The Morgan fingerprint density at radius 2 is 2.17 bits per heavy atom. The van der Waals surface area contributed by atoms with Crippen LogP contribution in [0, 0.1) is 5.92 Å². The fraction of sp³-hybridized carbons (Fsp3) is 0.500. The van der Waals surface area contributed by atoms with Crippen LogP contribution in [0.2, 0.25) is 0 Å². The predicted molar refractivity (Wildman–Crippen MR) is 70.0 cm³/mol. The van der Waals surface area contributed by atoms with Crippen LogP contribution in [0.5, 0.6) is 0 Å². The highest BCUT2D eigenvalue weighted by Gasteiger charge is 2.29. The van der Waals surface area contributed by atoms with E-state index in [2.05, 4.69) is 11.8 Å². The number of aromatic carboxylic acids is 1. The van der Waals surface area contributed by atoms with Gasteiger partial charge in [0.1, 0.15) is 4.88 Å². The third-order valence-electron chi connectivity index (χ3n) is 3.37. The molecule has 1 saturated heterocycles. The van der Waals surface area contributed by atoms with Crippen LogP contribution < -0.4 is 10.6 Å². The summed E-state index contributed by atoms with van der Waals surface area (Å²) in [6, 6.07) is 3.71. The first-order valence-electron chi connectivity index (χ1n) is 5.88. The number of carbonyl (C=O) groups excluding carboxylic acids is 1. The number of carbonyl (C=O) groups is 2. The van der Waals surface area contributed by atoms with Crippen molar-refractivity contribution >= 4 is 28.2 Å². The van der Waals surface area contributed by atoms with Crippen molar-refractivity contribution in [2.24, 2.45) is 11.7 Å². The summed E-state index contributed by atoms with van der Waals surface area (Å²) in [5.41, 5.74) is 5.35. The van der Waals surface area contributed by atoms with Crippen molar-refractivity contribution in [3.8, 4) is 0 Å². The quantitative estimate of drug-likeness (QED) is 0.871. The van der Waals surface area contributed by atoms with Crippen molar-refractivity contribution < 1.29 is 14.7 Å². The highest BCUT2D eigenvalue weighted by Crippen LogP contribution is 2.32. The van der Waals surface area contributed by atoms with Gasteiger partial charge in [-0.3, -0.25) is 4.79 Å². The standard InChI is InChI=1S/C12H16N2O3S/c1-7-2-3-8(11(13)15)6-14(7)10-5-4-9(18-10)12(16)17/h4-5,7-8H,2-3,6H2,1H3,(H2,13,15)(H,16,17). The zero-order chi connectivity index (χ0) is 13.3. The molecule has 98 valence electrons. The minimum atomic E-state index is -0.914. The highest BCUT2D eigenvalue weighted by atomic mass is 32.1. The van der Waals surface area contributed by atoms with E-state index in [9.17, 15) is 9.59 Å². The molecule has 1 amide bonds. The molecule has 1 aliphatic heterocycles. The predicted octanol–water partition coefficient (Wildman–Crippen LogP) is 1.54. The van der Waals surface area contributed by atoms with E-state index in [0.717, 1.165) is 17.8 Å². The van der Waals surface area contributed by atoms with Crippen LogP contribution in [0.3, 0.4) is 0 Å². The molecule has 2 rings (SSSR count). The maximum absolute atomic E-state index is 11.3. The number of hydrogen-bond donors (Lipinski definition) is 2. The van der Waals surface area contributed by atoms with E-state index >= 15 is 0 Å². The third kappa shape index (κ3) is 2.48. The van der Waals surface area contributed by atoms with Crippen LogP contribution in [0.25, 0.3) is 0 Å². The normalized spacial score (nSPS) is 23.9. The van der Waals surface area contributed by atoms with Gasteiger partial charge in [-0.15, -0.1) is 11.3 Å². The van der Waals surface area contributed by atoms with Gasteiger partial charge in [-0.2, -0.15) is 0 Å². The van der Waals surface area contributed by atoms with Gasteiger partial charge in [0, 0.05) is 12.6 Å². The lowest BCUT2D eigenvalue weighted by molar-refractivity contribution is -0.122. The molecule has 6 heteroatoms. The molecule has 0 aliphatic carbocycles. The van der Waals surface area contributed by atoms with Crippen molar-refractivity contribution in [1.82, 2.24) is 0 Å². The summed E-state index contributed by atoms with van der Waals surface area (Å²) < 4.78 is 0. The Hall–Kier alpha value is -1.56. The number of hydrogen-bond acceptors (Lipinski definition) is 4. The minimum absolute atomic E-state index is 0.142. The van der Waals surface area contributed by atoms with E-state index in [4.69, 9.17) is 10.8 Å². The molecule has 1 aliphatic rings. The number of thiophene rings is 1. The van der Waals surface area contributed by atoms with Gasteiger partial charge >= 0.3 is 5.97 Å². The van der Waals surface area contributed by atoms with Gasteiger partial charge < -0.3 is 15.7 Å². The molecule has 1 aromatic rings. The van der Waals surface area contributed by atoms with Crippen molar-refractivity contribution in [3.05, 3.63) is 17.0 Å². The van der Waals surface area contributed by atoms with Crippen LogP contribution in [-0.4, -0.2) is 29.6 Å². The number of carboxylic acids is 1. The number of anilines is 1. The Bertz CT molecular complexity index is 472. The molecule has 0 radical (unpaired) electrons. The first-order chi connectivity index (χ1) is 8.49. The molecule has 2 unspecified atom stereocenters. The summed E-state index contributed by atoms with van der Waals surface area (Å²) in [7, 11) is 0. The van der Waals surface area contributed by atoms with Gasteiger partial charge in [0.05, 0.1) is 10.9 Å². The SMILES string of the molecule is CC1CCC(C(N)=O)CN1c1ccc(C(=O)O)s1. The summed E-state index contributed by atoms with van der Waals surface area (Å²) in [4.78, 5) is 24.5. The van der Waals surface area contributed by atoms with Crippen LogP contribution in [0.4, 0.5) is 5.00 Å². The number of nitrogens with zero attached hydrogens (tertiary/aromatic N) is 1. The van der Waals surface area contributed by atoms with Crippen molar-refractivity contribution in [2.45, 2.75) is 25.8 Å². The van der Waals surface area contributed by atoms with Gasteiger partial charge in [-0.25, -0.2) is 4.79 Å². The van der Waals surface area contributed by atoms with Gasteiger partial charge in [0.25, 0.3) is 0 Å². The van der Waals surface area contributed by atoms with Gasteiger partial charge in [0.15, 0.2) is 0 Å². The number of rotatable bonds is 3. The zero-order valence-corrected chi connectivity index (χ0v) is 10.9. The number of carboxylic acid groups (broad SMARTS) is 1. The first-order valence-corrected chi connectivity index (χ1v) is 6.69. The summed E-state index contributed by atoms with van der Waals surface area (Å²) in [6.45, 7) is 2.66. The monoisotopic (exact) mass is 268 g/mol. The average molecular weight is 268 g/mol. The van der Waals surface area contributed by atoms with Crippen molar-refractivity contribution in [2.75, 3.05) is 11.4 Å². The smallest absolute Gasteiger partial charge is 0.345 e. The first kappa shape index (κ1) is 12.9. The maximum Gasteiger partial charge on any atom is 0.345 e. The largest absolute Gasteiger partial charge is 0.477 e. The second kappa shape index (κ2) is 4.97. The fourth-order valence-electron chi connectivity index (χ4n) is 2.24.